The highest BCUT2D eigenvalue weighted by Crippen LogP contribution is 2.16. The summed E-state index contributed by atoms with van der Waals surface area (Å²) in [4.78, 5) is 28.2. The van der Waals surface area contributed by atoms with E-state index in [1.807, 2.05) is 30.3 Å². The second kappa shape index (κ2) is 7.32. The summed E-state index contributed by atoms with van der Waals surface area (Å²) >= 11 is 5.75. The molecule has 2 amide bonds. The molecular formula is C19H16ClN3O2. The number of carbonyl (C=O) groups excluding carboxylic acids is 2. The molecule has 0 bridgehead atoms. The maximum atomic E-state index is 12.5. The van der Waals surface area contributed by atoms with Crippen molar-refractivity contribution in [2.24, 2.45) is 5.73 Å². The lowest BCUT2D eigenvalue weighted by molar-refractivity contribution is -0.119. The highest BCUT2D eigenvalue weighted by atomic mass is 35.5. The molecule has 1 aromatic heterocycles. The lowest BCUT2D eigenvalue weighted by atomic mass is 10.0. The van der Waals surface area contributed by atoms with Crippen LogP contribution >= 0.6 is 11.6 Å². The molecular weight excluding hydrogens is 338 g/mol. The summed E-state index contributed by atoms with van der Waals surface area (Å²) in [5, 5.41) is 5.04. The molecule has 0 aliphatic rings. The number of benzene rings is 2. The first-order chi connectivity index (χ1) is 12.0. The SMILES string of the molecule is NC(=O)[C@H](Cc1ccc(Cl)nc1)NC(=O)c1ccc2ccccc2c1. The van der Waals surface area contributed by atoms with Crippen molar-refractivity contribution in [3.8, 4) is 0 Å². The van der Waals surface area contributed by atoms with Gasteiger partial charge in [-0.1, -0.05) is 48.0 Å². The van der Waals surface area contributed by atoms with Crippen LogP contribution in [-0.2, 0) is 11.2 Å². The first-order valence-electron chi connectivity index (χ1n) is 7.72. The molecule has 0 radical (unpaired) electrons. The number of carbonyl (C=O) groups is 2. The van der Waals surface area contributed by atoms with Crippen LogP contribution in [0, 0.1) is 0 Å². The van der Waals surface area contributed by atoms with Crippen molar-refractivity contribution in [1.29, 1.82) is 0 Å². The van der Waals surface area contributed by atoms with Crippen molar-refractivity contribution in [3.05, 3.63) is 77.1 Å². The molecule has 25 heavy (non-hydrogen) atoms. The van der Waals surface area contributed by atoms with Crippen LogP contribution in [0.2, 0.25) is 5.15 Å². The van der Waals surface area contributed by atoms with Gasteiger partial charge in [-0.25, -0.2) is 4.98 Å². The van der Waals surface area contributed by atoms with Crippen LogP contribution < -0.4 is 11.1 Å². The van der Waals surface area contributed by atoms with Crippen LogP contribution in [0.1, 0.15) is 15.9 Å². The fourth-order valence-corrected chi connectivity index (χ4v) is 2.67. The normalized spacial score (nSPS) is 11.9. The number of halogens is 1. The number of nitrogens with one attached hydrogen (secondary N) is 1. The lowest BCUT2D eigenvalue weighted by Crippen LogP contribution is -2.45. The minimum Gasteiger partial charge on any atom is -0.368 e. The summed E-state index contributed by atoms with van der Waals surface area (Å²) < 4.78 is 0. The number of rotatable bonds is 5. The van der Waals surface area contributed by atoms with Crippen LogP contribution in [0.15, 0.2) is 60.8 Å². The number of aromatic nitrogens is 1. The van der Waals surface area contributed by atoms with Crippen LogP contribution in [0.5, 0.6) is 0 Å². The summed E-state index contributed by atoms with van der Waals surface area (Å²) in [6.07, 6.45) is 1.80. The van der Waals surface area contributed by atoms with E-state index in [2.05, 4.69) is 10.3 Å². The summed E-state index contributed by atoms with van der Waals surface area (Å²) in [5.74, 6) is -0.958. The fraction of sp³-hybridized carbons (Fsp3) is 0.105. The van der Waals surface area contributed by atoms with Crippen LogP contribution in [0.3, 0.4) is 0 Å². The molecule has 0 saturated heterocycles. The predicted octanol–water partition coefficient (Wildman–Crippen LogP) is 2.71. The van der Waals surface area contributed by atoms with Gasteiger partial charge in [0.15, 0.2) is 0 Å². The zero-order valence-electron chi connectivity index (χ0n) is 13.3. The first-order valence-corrected chi connectivity index (χ1v) is 8.10. The van der Waals surface area contributed by atoms with E-state index in [4.69, 9.17) is 17.3 Å². The van der Waals surface area contributed by atoms with Crippen molar-refractivity contribution in [3.63, 3.8) is 0 Å². The Morgan fingerprint density at radius 1 is 1.08 bits per heavy atom. The minimum atomic E-state index is -0.832. The number of fused-ring (bicyclic) bond motifs is 1. The summed E-state index contributed by atoms with van der Waals surface area (Å²) in [5.41, 5.74) is 6.66. The van der Waals surface area contributed by atoms with Gasteiger partial charge in [0.1, 0.15) is 11.2 Å². The molecule has 3 aromatic rings. The van der Waals surface area contributed by atoms with Gasteiger partial charge in [-0.15, -0.1) is 0 Å². The van der Waals surface area contributed by atoms with E-state index in [1.165, 1.54) is 0 Å². The van der Waals surface area contributed by atoms with Crippen molar-refractivity contribution < 1.29 is 9.59 Å². The van der Waals surface area contributed by atoms with Crippen LogP contribution in [0.4, 0.5) is 0 Å². The Morgan fingerprint density at radius 3 is 2.52 bits per heavy atom. The largest absolute Gasteiger partial charge is 0.368 e. The number of hydrogen-bond acceptors (Lipinski definition) is 3. The topological polar surface area (TPSA) is 85.1 Å². The van der Waals surface area contributed by atoms with Crippen molar-refractivity contribution >= 4 is 34.2 Å². The number of nitrogens with zero attached hydrogens (tertiary/aromatic N) is 1. The first kappa shape index (κ1) is 16.9. The zero-order valence-corrected chi connectivity index (χ0v) is 14.0. The fourth-order valence-electron chi connectivity index (χ4n) is 2.56. The average Bonchev–Trinajstić information content (AvgIpc) is 2.62. The van der Waals surface area contributed by atoms with Gasteiger partial charge in [-0.2, -0.15) is 0 Å². The van der Waals surface area contributed by atoms with E-state index < -0.39 is 11.9 Å². The molecule has 0 saturated carbocycles. The van der Waals surface area contributed by atoms with Crippen LogP contribution in [-0.4, -0.2) is 22.8 Å². The number of pyridine rings is 1. The zero-order chi connectivity index (χ0) is 17.8. The molecule has 6 heteroatoms. The number of hydrogen-bond donors (Lipinski definition) is 2. The maximum Gasteiger partial charge on any atom is 0.251 e. The third kappa shape index (κ3) is 4.14. The summed E-state index contributed by atoms with van der Waals surface area (Å²) in [6.45, 7) is 0. The van der Waals surface area contributed by atoms with Crippen molar-refractivity contribution in [2.45, 2.75) is 12.5 Å². The van der Waals surface area contributed by atoms with Gasteiger partial charge >= 0.3 is 0 Å². The monoisotopic (exact) mass is 353 g/mol. The van der Waals surface area contributed by atoms with Gasteiger partial charge in [0, 0.05) is 18.2 Å². The maximum absolute atomic E-state index is 12.5. The van der Waals surface area contributed by atoms with E-state index in [1.54, 1.807) is 30.5 Å². The molecule has 3 N–H and O–H groups in total. The summed E-state index contributed by atoms with van der Waals surface area (Å²) in [7, 11) is 0. The van der Waals surface area contributed by atoms with E-state index in [9.17, 15) is 9.59 Å². The Bertz CT molecular complexity index is 925. The quantitative estimate of drug-likeness (QED) is 0.691. The summed E-state index contributed by atoms with van der Waals surface area (Å²) in [6, 6.07) is 15.6. The van der Waals surface area contributed by atoms with Gasteiger partial charge in [0.2, 0.25) is 5.91 Å². The minimum absolute atomic E-state index is 0.249. The number of primary amides is 1. The molecule has 126 valence electrons. The number of nitrogens with two attached hydrogens (primary N) is 1. The average molecular weight is 354 g/mol. The molecule has 1 atom stereocenters. The highest BCUT2D eigenvalue weighted by Gasteiger charge is 2.19. The standard InChI is InChI=1S/C19H16ClN3O2/c20-17-8-5-12(11-22-17)9-16(18(21)24)23-19(25)15-7-6-13-3-1-2-4-14(13)10-15/h1-8,10-11,16H,9H2,(H2,21,24)(H,23,25)/t16-/m0/s1. The van der Waals surface area contributed by atoms with Gasteiger partial charge in [-0.3, -0.25) is 9.59 Å². The van der Waals surface area contributed by atoms with Gasteiger partial charge in [0.05, 0.1) is 0 Å². The Kier molecular flexibility index (Phi) is 4.95. The molecule has 0 aliphatic carbocycles. The molecule has 5 nitrogen and oxygen atoms in total. The van der Waals surface area contributed by atoms with E-state index in [0.717, 1.165) is 16.3 Å². The van der Waals surface area contributed by atoms with E-state index in [0.29, 0.717) is 10.7 Å². The Balaban J connectivity index is 1.77. The third-order valence-corrected chi connectivity index (χ3v) is 4.11. The van der Waals surface area contributed by atoms with E-state index >= 15 is 0 Å². The molecule has 2 aromatic carbocycles. The Labute approximate surface area is 149 Å². The molecule has 3 rings (SSSR count). The van der Waals surface area contributed by atoms with Crippen LogP contribution in [0.25, 0.3) is 10.8 Å². The smallest absolute Gasteiger partial charge is 0.251 e. The molecule has 0 spiro atoms. The van der Waals surface area contributed by atoms with Crippen molar-refractivity contribution in [1.82, 2.24) is 10.3 Å². The predicted molar refractivity (Wildman–Crippen MR) is 97.3 cm³/mol. The van der Waals surface area contributed by atoms with Crippen molar-refractivity contribution in [2.75, 3.05) is 0 Å². The van der Waals surface area contributed by atoms with Gasteiger partial charge in [0.25, 0.3) is 5.91 Å². The Morgan fingerprint density at radius 2 is 1.84 bits per heavy atom. The molecule has 0 unspecified atom stereocenters. The van der Waals surface area contributed by atoms with Gasteiger partial charge in [-0.05, 0) is 34.5 Å². The third-order valence-electron chi connectivity index (χ3n) is 3.89. The number of amides is 2. The highest BCUT2D eigenvalue weighted by molar-refractivity contribution is 6.29. The van der Waals surface area contributed by atoms with Gasteiger partial charge < -0.3 is 11.1 Å². The second-order valence-corrected chi connectivity index (χ2v) is 6.07. The molecule has 1 heterocycles. The van der Waals surface area contributed by atoms with E-state index in [-0.39, 0.29) is 12.3 Å². The Hall–Kier alpha value is -2.92. The molecule has 0 aliphatic heterocycles. The molecule has 0 fully saturated rings. The lowest BCUT2D eigenvalue weighted by Gasteiger charge is -2.16. The second-order valence-electron chi connectivity index (χ2n) is 5.68.